The molecule has 34 heavy (non-hydrogen) atoms. The highest BCUT2D eigenvalue weighted by atomic mass is 32.2. The topological polar surface area (TPSA) is 109 Å². The summed E-state index contributed by atoms with van der Waals surface area (Å²) in [6.45, 7) is 4.83. The van der Waals surface area contributed by atoms with Gasteiger partial charge in [-0.25, -0.2) is 13.2 Å². The molecule has 0 bridgehead atoms. The average Bonchev–Trinajstić information content (AvgIpc) is 3.42. The first kappa shape index (κ1) is 24.4. The van der Waals surface area contributed by atoms with E-state index in [9.17, 15) is 18.0 Å². The van der Waals surface area contributed by atoms with E-state index in [4.69, 9.17) is 9.47 Å². The number of carbonyl (C=O) groups is 2. The molecule has 1 saturated heterocycles. The molecular formula is C24H31N3O6S. The summed E-state index contributed by atoms with van der Waals surface area (Å²) in [7, 11) is -2.09. The van der Waals surface area contributed by atoms with Crippen molar-refractivity contribution in [3.63, 3.8) is 0 Å². The number of hydrogen-bond acceptors (Lipinski definition) is 6. The molecule has 1 aromatic carbocycles. The van der Waals surface area contributed by atoms with Crippen molar-refractivity contribution in [3.8, 4) is 0 Å². The molecule has 184 valence electrons. The summed E-state index contributed by atoms with van der Waals surface area (Å²) in [5, 5.41) is 0. The standard InChI is InChI=1S/C24H31N3O6S/c1-16-21(24(29)33-14-13-32-3)17(2)25-22(16)23(28)26-9-11-27(12-10-26)34(30,31)20-8-7-18-5-4-6-19(18)15-20/h7-8,15,25H,4-6,9-14H2,1-3H3. The maximum absolute atomic E-state index is 13.2. The number of aryl methyl sites for hydroxylation is 3. The van der Waals surface area contributed by atoms with Crippen molar-refractivity contribution in [2.24, 2.45) is 0 Å². The summed E-state index contributed by atoms with van der Waals surface area (Å²) in [5.41, 5.74) is 4.10. The molecule has 1 N–H and O–H groups in total. The van der Waals surface area contributed by atoms with Crippen LogP contribution in [0.25, 0.3) is 0 Å². The Kier molecular flexibility index (Phi) is 7.11. The Morgan fingerprint density at radius 2 is 1.74 bits per heavy atom. The highest BCUT2D eigenvalue weighted by Crippen LogP contribution is 2.27. The van der Waals surface area contributed by atoms with E-state index in [0.29, 0.717) is 34.0 Å². The summed E-state index contributed by atoms with van der Waals surface area (Å²) in [6.07, 6.45) is 2.97. The lowest BCUT2D eigenvalue weighted by atomic mass is 10.1. The first-order chi connectivity index (χ1) is 16.2. The number of aromatic amines is 1. The van der Waals surface area contributed by atoms with Crippen LogP contribution in [-0.2, 0) is 32.3 Å². The molecule has 4 rings (SSSR count). The molecule has 0 saturated carbocycles. The number of hydrogen-bond donors (Lipinski definition) is 1. The second-order valence-corrected chi connectivity index (χ2v) is 10.7. The molecule has 9 nitrogen and oxygen atoms in total. The van der Waals surface area contributed by atoms with Crippen LogP contribution in [0.5, 0.6) is 0 Å². The van der Waals surface area contributed by atoms with Gasteiger partial charge in [0.1, 0.15) is 12.3 Å². The average molecular weight is 490 g/mol. The molecule has 2 aromatic rings. The van der Waals surface area contributed by atoms with Crippen molar-refractivity contribution in [2.75, 3.05) is 46.5 Å². The first-order valence-electron chi connectivity index (χ1n) is 11.5. The van der Waals surface area contributed by atoms with Gasteiger partial charge < -0.3 is 19.4 Å². The van der Waals surface area contributed by atoms with Gasteiger partial charge in [-0.15, -0.1) is 0 Å². The number of carbonyl (C=O) groups excluding carboxylic acids is 2. The second-order valence-electron chi connectivity index (χ2n) is 8.73. The summed E-state index contributed by atoms with van der Waals surface area (Å²) >= 11 is 0. The lowest BCUT2D eigenvalue weighted by Crippen LogP contribution is -2.50. The van der Waals surface area contributed by atoms with E-state index in [2.05, 4.69) is 4.98 Å². The molecule has 0 atom stereocenters. The third-order valence-electron chi connectivity index (χ3n) is 6.61. The molecule has 1 amide bonds. The van der Waals surface area contributed by atoms with Crippen LogP contribution in [-0.4, -0.2) is 81.0 Å². The third kappa shape index (κ3) is 4.62. The zero-order valence-corrected chi connectivity index (χ0v) is 20.7. The van der Waals surface area contributed by atoms with Crippen molar-refractivity contribution < 1.29 is 27.5 Å². The van der Waals surface area contributed by atoms with Gasteiger partial charge in [-0.3, -0.25) is 4.79 Å². The number of aromatic nitrogens is 1. The Balaban J connectivity index is 1.43. The van der Waals surface area contributed by atoms with Gasteiger partial charge in [-0.05, 0) is 61.9 Å². The van der Waals surface area contributed by atoms with Crippen LogP contribution in [0, 0.1) is 13.8 Å². The number of fused-ring (bicyclic) bond motifs is 1. The number of esters is 1. The van der Waals surface area contributed by atoms with Gasteiger partial charge in [-0.2, -0.15) is 4.31 Å². The number of nitrogens with one attached hydrogen (secondary N) is 1. The Morgan fingerprint density at radius 1 is 1.03 bits per heavy atom. The molecule has 2 heterocycles. The van der Waals surface area contributed by atoms with E-state index in [1.54, 1.807) is 30.9 Å². The smallest absolute Gasteiger partial charge is 0.340 e. The third-order valence-corrected chi connectivity index (χ3v) is 8.50. The summed E-state index contributed by atoms with van der Waals surface area (Å²) in [6, 6.07) is 5.41. The first-order valence-corrected chi connectivity index (χ1v) is 12.9. The van der Waals surface area contributed by atoms with Crippen LogP contribution < -0.4 is 0 Å². The van der Waals surface area contributed by atoms with Gasteiger partial charge in [0.25, 0.3) is 5.91 Å². The number of H-pyrrole nitrogens is 1. The molecule has 2 aliphatic rings. The quantitative estimate of drug-likeness (QED) is 0.471. The molecule has 0 spiro atoms. The minimum absolute atomic E-state index is 0.128. The van der Waals surface area contributed by atoms with Gasteiger partial charge in [0.2, 0.25) is 10.0 Å². The number of nitrogens with zero attached hydrogens (tertiary/aromatic N) is 2. The summed E-state index contributed by atoms with van der Waals surface area (Å²) < 4.78 is 37.9. The van der Waals surface area contributed by atoms with E-state index in [-0.39, 0.29) is 38.7 Å². The summed E-state index contributed by atoms with van der Waals surface area (Å²) in [4.78, 5) is 30.6. The van der Waals surface area contributed by atoms with E-state index in [1.807, 2.05) is 6.07 Å². The van der Waals surface area contributed by atoms with Gasteiger partial charge in [0, 0.05) is 39.0 Å². The molecule has 1 aliphatic heterocycles. The van der Waals surface area contributed by atoms with E-state index < -0.39 is 16.0 Å². The zero-order chi connectivity index (χ0) is 24.5. The number of ether oxygens (including phenoxy) is 2. The normalized spacial score (nSPS) is 16.5. The highest BCUT2D eigenvalue weighted by Gasteiger charge is 2.33. The zero-order valence-electron chi connectivity index (χ0n) is 19.8. The molecular weight excluding hydrogens is 458 g/mol. The molecule has 1 aliphatic carbocycles. The van der Waals surface area contributed by atoms with Gasteiger partial charge in [0.05, 0.1) is 17.1 Å². The predicted octanol–water partition coefficient (Wildman–Crippen LogP) is 2.07. The minimum atomic E-state index is -3.61. The Labute approximate surface area is 200 Å². The molecule has 0 unspecified atom stereocenters. The van der Waals surface area contributed by atoms with Crippen molar-refractivity contribution in [3.05, 3.63) is 51.8 Å². The predicted molar refractivity (Wildman–Crippen MR) is 126 cm³/mol. The van der Waals surface area contributed by atoms with Crippen molar-refractivity contribution >= 4 is 21.9 Å². The number of piperazine rings is 1. The SMILES string of the molecule is COCCOC(=O)c1c(C)[nH]c(C(=O)N2CCN(S(=O)(=O)c3ccc4c(c3)CCC4)CC2)c1C. The van der Waals surface area contributed by atoms with Gasteiger partial charge >= 0.3 is 5.97 Å². The molecule has 1 fully saturated rings. The number of sulfonamides is 1. The van der Waals surface area contributed by atoms with Crippen LogP contribution >= 0.6 is 0 Å². The van der Waals surface area contributed by atoms with E-state index in [0.717, 1.165) is 24.8 Å². The van der Waals surface area contributed by atoms with Crippen LogP contribution in [0.15, 0.2) is 23.1 Å². The maximum atomic E-state index is 13.2. The Bertz CT molecular complexity index is 1200. The fourth-order valence-electron chi connectivity index (χ4n) is 4.71. The van der Waals surface area contributed by atoms with E-state index in [1.165, 1.54) is 17.0 Å². The van der Waals surface area contributed by atoms with Crippen LogP contribution in [0.3, 0.4) is 0 Å². The molecule has 0 radical (unpaired) electrons. The van der Waals surface area contributed by atoms with E-state index >= 15 is 0 Å². The van der Waals surface area contributed by atoms with Crippen LogP contribution in [0.2, 0.25) is 0 Å². The number of methoxy groups -OCH3 is 1. The minimum Gasteiger partial charge on any atom is -0.460 e. The number of benzene rings is 1. The van der Waals surface area contributed by atoms with Crippen LogP contribution in [0.1, 0.15) is 49.7 Å². The van der Waals surface area contributed by atoms with Gasteiger partial charge in [0.15, 0.2) is 0 Å². The van der Waals surface area contributed by atoms with Crippen LogP contribution in [0.4, 0.5) is 0 Å². The Hall–Kier alpha value is -2.69. The van der Waals surface area contributed by atoms with Crippen molar-refractivity contribution in [2.45, 2.75) is 38.0 Å². The van der Waals surface area contributed by atoms with Crippen molar-refractivity contribution in [1.29, 1.82) is 0 Å². The lowest BCUT2D eigenvalue weighted by Gasteiger charge is -2.34. The Morgan fingerprint density at radius 3 is 2.44 bits per heavy atom. The number of rotatable bonds is 7. The number of amides is 1. The highest BCUT2D eigenvalue weighted by molar-refractivity contribution is 7.89. The largest absolute Gasteiger partial charge is 0.460 e. The monoisotopic (exact) mass is 489 g/mol. The molecule has 10 heteroatoms. The lowest BCUT2D eigenvalue weighted by molar-refractivity contribution is 0.0386. The molecule has 1 aromatic heterocycles. The van der Waals surface area contributed by atoms with Gasteiger partial charge in [-0.1, -0.05) is 6.07 Å². The summed E-state index contributed by atoms with van der Waals surface area (Å²) in [5.74, 6) is -0.765. The maximum Gasteiger partial charge on any atom is 0.340 e. The second kappa shape index (κ2) is 9.89. The fraction of sp³-hybridized carbons (Fsp3) is 0.500. The van der Waals surface area contributed by atoms with Crippen molar-refractivity contribution in [1.82, 2.24) is 14.2 Å². The fourth-order valence-corrected chi connectivity index (χ4v) is 6.18.